The van der Waals surface area contributed by atoms with Gasteiger partial charge >= 0.3 is 0 Å². The van der Waals surface area contributed by atoms with E-state index in [-0.39, 0.29) is 5.75 Å². The fourth-order valence-corrected chi connectivity index (χ4v) is 2.17. The van der Waals surface area contributed by atoms with Crippen molar-refractivity contribution in [2.75, 3.05) is 5.73 Å². The molecule has 1 aromatic carbocycles. The van der Waals surface area contributed by atoms with Crippen LogP contribution < -0.4 is 5.73 Å². The minimum absolute atomic E-state index is 0.260. The molecule has 0 aliphatic carbocycles. The number of rotatable bonds is 1. The van der Waals surface area contributed by atoms with Crippen molar-refractivity contribution in [3.63, 3.8) is 0 Å². The average molecular weight is 239 g/mol. The normalized spacial score (nSPS) is 10.9. The molecule has 2 aromatic heterocycles. The third-order valence-corrected chi connectivity index (χ3v) is 3.03. The molecule has 0 saturated heterocycles. The molecule has 3 rings (SSSR count). The predicted octanol–water partition coefficient (Wildman–Crippen LogP) is 2.53. The number of nitrogens with zero attached hydrogens (tertiary/aromatic N) is 2. The SMILES string of the molecule is Cn1cc(-c2cc(N)ccn2)c2ccc(O)cc21. The van der Waals surface area contributed by atoms with Gasteiger partial charge in [0.15, 0.2) is 0 Å². The number of phenols is 1. The first kappa shape index (κ1) is 10.7. The van der Waals surface area contributed by atoms with E-state index >= 15 is 0 Å². The molecule has 0 atom stereocenters. The van der Waals surface area contributed by atoms with E-state index < -0.39 is 0 Å². The standard InChI is InChI=1S/C14H13N3O/c1-17-8-12(13-6-9(15)4-5-16-13)11-3-2-10(18)7-14(11)17/h2-8,18H,1H3,(H2,15,16). The Morgan fingerprint density at radius 3 is 2.83 bits per heavy atom. The zero-order valence-corrected chi connectivity index (χ0v) is 9.96. The van der Waals surface area contributed by atoms with Crippen LogP contribution in [-0.4, -0.2) is 14.7 Å². The number of aryl methyl sites for hydroxylation is 1. The molecule has 0 amide bonds. The van der Waals surface area contributed by atoms with Gasteiger partial charge in [0, 0.05) is 42.1 Å². The van der Waals surface area contributed by atoms with E-state index in [1.807, 2.05) is 29.9 Å². The minimum Gasteiger partial charge on any atom is -0.508 e. The molecule has 0 radical (unpaired) electrons. The van der Waals surface area contributed by atoms with Gasteiger partial charge in [-0.3, -0.25) is 4.98 Å². The summed E-state index contributed by atoms with van der Waals surface area (Å²) in [5, 5.41) is 10.6. The molecular formula is C14H13N3O. The summed E-state index contributed by atoms with van der Waals surface area (Å²) >= 11 is 0. The lowest BCUT2D eigenvalue weighted by Crippen LogP contribution is -1.87. The number of aromatic nitrogens is 2. The maximum absolute atomic E-state index is 9.53. The number of nitrogens with two attached hydrogens (primary N) is 1. The molecule has 3 N–H and O–H groups in total. The first-order valence-electron chi connectivity index (χ1n) is 5.65. The number of benzene rings is 1. The lowest BCUT2D eigenvalue weighted by atomic mass is 10.1. The molecule has 0 aliphatic heterocycles. The van der Waals surface area contributed by atoms with E-state index in [2.05, 4.69) is 4.98 Å². The van der Waals surface area contributed by atoms with Crippen molar-refractivity contribution in [2.45, 2.75) is 0 Å². The summed E-state index contributed by atoms with van der Waals surface area (Å²) in [6, 6.07) is 8.93. The van der Waals surface area contributed by atoms with Crippen molar-refractivity contribution in [3.8, 4) is 17.0 Å². The Morgan fingerprint density at radius 2 is 2.06 bits per heavy atom. The second-order valence-electron chi connectivity index (χ2n) is 4.33. The second kappa shape index (κ2) is 3.77. The number of pyridine rings is 1. The van der Waals surface area contributed by atoms with Gasteiger partial charge in [0.2, 0.25) is 0 Å². The summed E-state index contributed by atoms with van der Waals surface area (Å²) in [7, 11) is 1.94. The topological polar surface area (TPSA) is 64.1 Å². The van der Waals surface area contributed by atoms with Crippen molar-refractivity contribution >= 4 is 16.6 Å². The van der Waals surface area contributed by atoms with E-state index in [9.17, 15) is 5.11 Å². The van der Waals surface area contributed by atoms with Gasteiger partial charge in [-0.15, -0.1) is 0 Å². The van der Waals surface area contributed by atoms with Crippen LogP contribution in [0.25, 0.3) is 22.2 Å². The Hall–Kier alpha value is -2.49. The van der Waals surface area contributed by atoms with E-state index in [0.717, 1.165) is 22.2 Å². The minimum atomic E-state index is 0.260. The van der Waals surface area contributed by atoms with Crippen LogP contribution in [0.2, 0.25) is 0 Å². The quantitative estimate of drug-likeness (QED) is 0.685. The molecule has 0 bridgehead atoms. The maximum atomic E-state index is 9.53. The zero-order valence-electron chi connectivity index (χ0n) is 9.96. The van der Waals surface area contributed by atoms with Crippen LogP contribution in [0.1, 0.15) is 0 Å². The highest BCUT2D eigenvalue weighted by molar-refractivity contribution is 5.96. The first-order chi connectivity index (χ1) is 8.65. The summed E-state index contributed by atoms with van der Waals surface area (Å²) in [5.41, 5.74) is 9.29. The largest absolute Gasteiger partial charge is 0.508 e. The molecule has 0 fully saturated rings. The molecule has 0 spiro atoms. The molecule has 2 heterocycles. The number of aromatic hydroxyl groups is 1. The Morgan fingerprint density at radius 1 is 1.22 bits per heavy atom. The Labute approximate surface area is 104 Å². The van der Waals surface area contributed by atoms with Crippen LogP contribution in [0.15, 0.2) is 42.7 Å². The summed E-state index contributed by atoms with van der Waals surface area (Å²) in [5.74, 6) is 0.260. The van der Waals surface area contributed by atoms with Crippen molar-refractivity contribution in [2.24, 2.45) is 7.05 Å². The number of anilines is 1. The van der Waals surface area contributed by atoms with E-state index in [4.69, 9.17) is 5.73 Å². The second-order valence-corrected chi connectivity index (χ2v) is 4.33. The van der Waals surface area contributed by atoms with Crippen molar-refractivity contribution in [1.82, 2.24) is 9.55 Å². The molecule has 4 nitrogen and oxygen atoms in total. The van der Waals surface area contributed by atoms with E-state index in [1.54, 1.807) is 24.4 Å². The third kappa shape index (κ3) is 1.59. The number of fused-ring (bicyclic) bond motifs is 1. The zero-order chi connectivity index (χ0) is 12.7. The summed E-state index contributed by atoms with van der Waals surface area (Å²) in [6.45, 7) is 0. The molecular weight excluding hydrogens is 226 g/mol. The highest BCUT2D eigenvalue weighted by Crippen LogP contribution is 2.31. The fourth-order valence-electron chi connectivity index (χ4n) is 2.17. The van der Waals surface area contributed by atoms with Crippen LogP contribution in [0.5, 0.6) is 5.75 Å². The molecule has 0 unspecified atom stereocenters. The smallest absolute Gasteiger partial charge is 0.117 e. The van der Waals surface area contributed by atoms with Crippen molar-refractivity contribution < 1.29 is 5.11 Å². The third-order valence-electron chi connectivity index (χ3n) is 3.03. The van der Waals surface area contributed by atoms with Crippen LogP contribution in [0.3, 0.4) is 0 Å². The summed E-state index contributed by atoms with van der Waals surface area (Å²) in [6.07, 6.45) is 3.69. The Bertz CT molecular complexity index is 731. The van der Waals surface area contributed by atoms with Gasteiger partial charge < -0.3 is 15.4 Å². The van der Waals surface area contributed by atoms with Gasteiger partial charge in [-0.05, 0) is 24.3 Å². The summed E-state index contributed by atoms with van der Waals surface area (Å²) < 4.78 is 1.97. The van der Waals surface area contributed by atoms with E-state index in [1.165, 1.54) is 0 Å². The monoisotopic (exact) mass is 239 g/mol. The van der Waals surface area contributed by atoms with Crippen LogP contribution in [-0.2, 0) is 7.05 Å². The summed E-state index contributed by atoms with van der Waals surface area (Å²) in [4.78, 5) is 4.34. The average Bonchev–Trinajstić information content (AvgIpc) is 2.67. The van der Waals surface area contributed by atoms with Crippen LogP contribution in [0.4, 0.5) is 5.69 Å². The molecule has 18 heavy (non-hydrogen) atoms. The number of hydrogen-bond acceptors (Lipinski definition) is 3. The number of nitrogen functional groups attached to an aromatic ring is 1. The van der Waals surface area contributed by atoms with Crippen molar-refractivity contribution in [1.29, 1.82) is 0 Å². The highest BCUT2D eigenvalue weighted by atomic mass is 16.3. The lowest BCUT2D eigenvalue weighted by molar-refractivity contribution is 0.476. The fraction of sp³-hybridized carbons (Fsp3) is 0.0714. The Balaban J connectivity index is 2.30. The predicted molar refractivity (Wildman–Crippen MR) is 72.2 cm³/mol. The van der Waals surface area contributed by atoms with Gasteiger partial charge in [-0.25, -0.2) is 0 Å². The lowest BCUT2D eigenvalue weighted by Gasteiger charge is -2.00. The Kier molecular flexibility index (Phi) is 2.23. The van der Waals surface area contributed by atoms with Gasteiger partial charge in [-0.2, -0.15) is 0 Å². The molecule has 90 valence electrons. The molecule has 0 aliphatic rings. The number of phenolic OH excluding ortho intramolecular Hbond substituents is 1. The molecule has 0 saturated carbocycles. The maximum Gasteiger partial charge on any atom is 0.117 e. The van der Waals surface area contributed by atoms with E-state index in [0.29, 0.717) is 5.69 Å². The van der Waals surface area contributed by atoms with Crippen LogP contribution >= 0.6 is 0 Å². The molecule has 4 heteroatoms. The van der Waals surface area contributed by atoms with Gasteiger partial charge in [0.1, 0.15) is 5.75 Å². The van der Waals surface area contributed by atoms with Gasteiger partial charge in [-0.1, -0.05) is 0 Å². The van der Waals surface area contributed by atoms with Crippen molar-refractivity contribution in [3.05, 3.63) is 42.7 Å². The molecule has 3 aromatic rings. The van der Waals surface area contributed by atoms with Gasteiger partial charge in [0.25, 0.3) is 0 Å². The van der Waals surface area contributed by atoms with Gasteiger partial charge in [0.05, 0.1) is 11.2 Å². The first-order valence-corrected chi connectivity index (χ1v) is 5.65. The highest BCUT2D eigenvalue weighted by Gasteiger charge is 2.10. The van der Waals surface area contributed by atoms with Crippen LogP contribution in [0, 0.1) is 0 Å². The number of hydrogen-bond donors (Lipinski definition) is 2.